The first kappa shape index (κ1) is 14.6. The first-order valence-corrected chi connectivity index (χ1v) is 6.99. The van der Waals surface area contributed by atoms with Gasteiger partial charge >= 0.3 is 5.69 Å². The number of para-hydroxylation sites is 1. The quantitative estimate of drug-likeness (QED) is 0.569. The largest absolute Gasteiger partial charge is 0.393 e. The summed E-state index contributed by atoms with van der Waals surface area (Å²) in [4.78, 5) is 10.8. The van der Waals surface area contributed by atoms with Crippen LogP contribution in [0.25, 0.3) is 0 Å². The third-order valence-electron chi connectivity index (χ3n) is 3.82. The Morgan fingerprint density at radius 1 is 1.40 bits per heavy atom. The Morgan fingerprint density at radius 3 is 2.80 bits per heavy atom. The molecule has 2 atom stereocenters. The standard InChI is InChI=1S/C14H21N3O3/c1-15-12-6-3-7-13(14(12)17(19)20)16-9-10-4-2-5-11(18)8-10/h3,6-7,10-11,15-16,18H,2,4-5,8-9H2,1H3. The summed E-state index contributed by atoms with van der Waals surface area (Å²) in [5.41, 5.74) is 1.11. The molecule has 0 aliphatic heterocycles. The zero-order valence-corrected chi connectivity index (χ0v) is 11.6. The van der Waals surface area contributed by atoms with Gasteiger partial charge in [-0.2, -0.15) is 0 Å². The van der Waals surface area contributed by atoms with Gasteiger partial charge in [-0.05, 0) is 37.3 Å². The molecule has 1 fully saturated rings. The van der Waals surface area contributed by atoms with Gasteiger partial charge in [0, 0.05) is 13.6 Å². The summed E-state index contributed by atoms with van der Waals surface area (Å²) in [6.45, 7) is 0.658. The Kier molecular flexibility index (Phi) is 4.79. The molecule has 6 heteroatoms. The molecule has 0 saturated heterocycles. The second-order valence-electron chi connectivity index (χ2n) is 5.28. The highest BCUT2D eigenvalue weighted by Gasteiger charge is 2.22. The van der Waals surface area contributed by atoms with E-state index in [9.17, 15) is 15.2 Å². The zero-order chi connectivity index (χ0) is 14.5. The van der Waals surface area contributed by atoms with Crippen LogP contribution < -0.4 is 10.6 Å². The van der Waals surface area contributed by atoms with E-state index in [1.54, 1.807) is 25.2 Å². The molecule has 0 aromatic heterocycles. The number of aliphatic hydroxyl groups excluding tert-OH is 1. The van der Waals surface area contributed by atoms with Crippen LogP contribution in [0.4, 0.5) is 17.1 Å². The molecular weight excluding hydrogens is 258 g/mol. The number of nitro benzene ring substituents is 1. The third kappa shape index (κ3) is 3.39. The number of aliphatic hydroxyl groups is 1. The number of nitrogens with zero attached hydrogens (tertiary/aromatic N) is 1. The van der Waals surface area contributed by atoms with Crippen LogP contribution in [0.1, 0.15) is 25.7 Å². The second kappa shape index (κ2) is 6.56. The van der Waals surface area contributed by atoms with E-state index in [1.807, 2.05) is 0 Å². The average molecular weight is 279 g/mol. The van der Waals surface area contributed by atoms with Crippen molar-refractivity contribution < 1.29 is 10.0 Å². The number of hydrogen-bond donors (Lipinski definition) is 3. The van der Waals surface area contributed by atoms with Crippen LogP contribution in [0.5, 0.6) is 0 Å². The number of nitrogens with one attached hydrogen (secondary N) is 2. The summed E-state index contributed by atoms with van der Waals surface area (Å²) in [6, 6.07) is 5.20. The molecule has 1 aliphatic rings. The zero-order valence-electron chi connectivity index (χ0n) is 11.6. The Labute approximate surface area is 118 Å². The first-order valence-electron chi connectivity index (χ1n) is 6.99. The van der Waals surface area contributed by atoms with Gasteiger partial charge < -0.3 is 15.7 Å². The maximum Gasteiger partial charge on any atom is 0.315 e. The summed E-state index contributed by atoms with van der Waals surface area (Å²) < 4.78 is 0. The first-order chi connectivity index (χ1) is 9.61. The third-order valence-corrected chi connectivity index (χ3v) is 3.82. The maximum atomic E-state index is 11.2. The molecule has 0 amide bonds. The molecule has 0 spiro atoms. The van der Waals surface area contributed by atoms with Crippen LogP contribution >= 0.6 is 0 Å². The van der Waals surface area contributed by atoms with Crippen LogP contribution in [0.3, 0.4) is 0 Å². The van der Waals surface area contributed by atoms with Crippen molar-refractivity contribution in [1.82, 2.24) is 0 Å². The molecule has 110 valence electrons. The highest BCUT2D eigenvalue weighted by Crippen LogP contribution is 2.33. The van der Waals surface area contributed by atoms with E-state index in [-0.39, 0.29) is 16.7 Å². The van der Waals surface area contributed by atoms with Crippen molar-refractivity contribution in [3.05, 3.63) is 28.3 Å². The minimum atomic E-state index is -0.371. The lowest BCUT2D eigenvalue weighted by atomic mass is 9.87. The number of hydrogen-bond acceptors (Lipinski definition) is 5. The topological polar surface area (TPSA) is 87.4 Å². The minimum Gasteiger partial charge on any atom is -0.393 e. The normalized spacial score (nSPS) is 22.3. The van der Waals surface area contributed by atoms with Crippen LogP contribution in [-0.2, 0) is 0 Å². The second-order valence-corrected chi connectivity index (χ2v) is 5.28. The van der Waals surface area contributed by atoms with E-state index in [0.29, 0.717) is 23.8 Å². The lowest BCUT2D eigenvalue weighted by Crippen LogP contribution is -2.25. The van der Waals surface area contributed by atoms with Gasteiger partial charge in [-0.3, -0.25) is 10.1 Å². The van der Waals surface area contributed by atoms with Crippen LogP contribution in [0, 0.1) is 16.0 Å². The van der Waals surface area contributed by atoms with Crippen molar-refractivity contribution in [2.24, 2.45) is 5.92 Å². The number of nitro groups is 1. The Bertz CT molecular complexity index is 479. The monoisotopic (exact) mass is 279 g/mol. The highest BCUT2D eigenvalue weighted by atomic mass is 16.6. The van der Waals surface area contributed by atoms with E-state index in [1.165, 1.54) is 0 Å². The van der Waals surface area contributed by atoms with Gasteiger partial charge in [-0.15, -0.1) is 0 Å². The Hall–Kier alpha value is -1.82. The molecule has 0 radical (unpaired) electrons. The van der Waals surface area contributed by atoms with Gasteiger partial charge in [0.25, 0.3) is 0 Å². The molecule has 2 unspecified atom stereocenters. The Morgan fingerprint density at radius 2 is 2.15 bits per heavy atom. The molecule has 20 heavy (non-hydrogen) atoms. The van der Waals surface area contributed by atoms with Crippen LogP contribution in [-0.4, -0.2) is 29.7 Å². The number of benzene rings is 1. The van der Waals surface area contributed by atoms with Crippen molar-refractivity contribution in [2.45, 2.75) is 31.8 Å². The van der Waals surface area contributed by atoms with Crippen molar-refractivity contribution in [3.8, 4) is 0 Å². The Balaban J connectivity index is 2.07. The van der Waals surface area contributed by atoms with E-state index in [0.717, 1.165) is 25.7 Å². The SMILES string of the molecule is CNc1cccc(NCC2CCCC(O)C2)c1[N+](=O)[O-]. The van der Waals surface area contributed by atoms with E-state index < -0.39 is 0 Å². The lowest BCUT2D eigenvalue weighted by molar-refractivity contribution is -0.383. The molecule has 1 saturated carbocycles. The highest BCUT2D eigenvalue weighted by molar-refractivity contribution is 5.75. The summed E-state index contributed by atoms with van der Waals surface area (Å²) >= 11 is 0. The van der Waals surface area contributed by atoms with Gasteiger partial charge in [0.1, 0.15) is 11.4 Å². The predicted molar refractivity (Wildman–Crippen MR) is 79.1 cm³/mol. The van der Waals surface area contributed by atoms with Gasteiger partial charge in [0.2, 0.25) is 0 Å². The van der Waals surface area contributed by atoms with Crippen molar-refractivity contribution >= 4 is 17.1 Å². The van der Waals surface area contributed by atoms with Gasteiger partial charge in [0.05, 0.1) is 11.0 Å². The van der Waals surface area contributed by atoms with E-state index in [2.05, 4.69) is 10.6 Å². The number of anilines is 2. The van der Waals surface area contributed by atoms with E-state index in [4.69, 9.17) is 0 Å². The fourth-order valence-corrected chi connectivity index (χ4v) is 2.79. The average Bonchev–Trinajstić information content (AvgIpc) is 2.44. The van der Waals surface area contributed by atoms with Crippen LogP contribution in [0.15, 0.2) is 18.2 Å². The molecule has 6 nitrogen and oxygen atoms in total. The van der Waals surface area contributed by atoms with Crippen molar-refractivity contribution in [3.63, 3.8) is 0 Å². The van der Waals surface area contributed by atoms with Crippen molar-refractivity contribution in [2.75, 3.05) is 24.2 Å². The van der Waals surface area contributed by atoms with Crippen LogP contribution in [0.2, 0.25) is 0 Å². The summed E-state index contributed by atoms with van der Waals surface area (Å²) in [6.07, 6.45) is 3.49. The molecule has 3 N–H and O–H groups in total. The van der Waals surface area contributed by atoms with Gasteiger partial charge in [0.15, 0.2) is 0 Å². The molecular formula is C14H21N3O3. The summed E-state index contributed by atoms with van der Waals surface area (Å²) in [7, 11) is 1.67. The molecule has 0 bridgehead atoms. The smallest absolute Gasteiger partial charge is 0.315 e. The lowest BCUT2D eigenvalue weighted by Gasteiger charge is -2.26. The van der Waals surface area contributed by atoms with E-state index >= 15 is 0 Å². The summed E-state index contributed by atoms with van der Waals surface area (Å²) in [5.74, 6) is 0.372. The molecule has 0 heterocycles. The minimum absolute atomic E-state index is 0.0753. The maximum absolute atomic E-state index is 11.2. The number of rotatable bonds is 5. The molecule has 1 aromatic carbocycles. The molecule has 1 aliphatic carbocycles. The molecule has 2 rings (SSSR count). The van der Waals surface area contributed by atoms with Gasteiger partial charge in [-0.1, -0.05) is 12.5 Å². The molecule has 1 aromatic rings. The predicted octanol–water partition coefficient (Wildman–Crippen LogP) is 2.60. The fourth-order valence-electron chi connectivity index (χ4n) is 2.79. The fraction of sp³-hybridized carbons (Fsp3) is 0.571. The van der Waals surface area contributed by atoms with Gasteiger partial charge in [-0.25, -0.2) is 0 Å². The van der Waals surface area contributed by atoms with Crippen molar-refractivity contribution in [1.29, 1.82) is 0 Å². The summed E-state index contributed by atoms with van der Waals surface area (Å²) in [5, 5.41) is 26.9.